The number of unbranched alkanes of at least 4 members (excludes halogenated alkanes) is 5. The van der Waals surface area contributed by atoms with Crippen LogP contribution in [0.25, 0.3) is 0 Å². The lowest BCUT2D eigenvalue weighted by molar-refractivity contribution is 0.311. The summed E-state index contributed by atoms with van der Waals surface area (Å²) in [5, 5.41) is 0. The van der Waals surface area contributed by atoms with E-state index in [1.54, 1.807) is 0 Å². The van der Waals surface area contributed by atoms with Crippen LogP contribution in [0.15, 0.2) is 0 Å². The van der Waals surface area contributed by atoms with Gasteiger partial charge >= 0.3 is 0 Å². The molecule has 15 heavy (non-hydrogen) atoms. The predicted molar refractivity (Wildman–Crippen MR) is 69.1 cm³/mol. The maximum Gasteiger partial charge on any atom is 0.00226 e. The van der Waals surface area contributed by atoms with E-state index in [1.165, 1.54) is 45.1 Å². The normalized spacial score (nSPS) is 13.4. The summed E-state index contributed by atoms with van der Waals surface area (Å²) in [4.78, 5) is 2.41. The van der Waals surface area contributed by atoms with Gasteiger partial charge in [-0.3, -0.25) is 0 Å². The monoisotopic (exact) mass is 214 g/mol. The summed E-state index contributed by atoms with van der Waals surface area (Å²) in [5.74, 6) is 0. The number of rotatable bonds is 10. The van der Waals surface area contributed by atoms with E-state index in [9.17, 15) is 0 Å². The predicted octanol–water partition coefficient (Wildman–Crippen LogP) is 3.02. The van der Waals surface area contributed by atoms with Gasteiger partial charge in [0.15, 0.2) is 0 Å². The highest BCUT2D eigenvalue weighted by Crippen LogP contribution is 2.05. The van der Waals surface area contributed by atoms with Crippen molar-refractivity contribution in [3.05, 3.63) is 0 Å². The molecule has 0 aliphatic carbocycles. The highest BCUT2D eigenvalue weighted by Gasteiger charge is 2.00. The SMILES string of the molecule is CCCCCCCCN(C)CCC(C)N. The van der Waals surface area contributed by atoms with Crippen LogP contribution in [0.3, 0.4) is 0 Å². The van der Waals surface area contributed by atoms with Crippen molar-refractivity contribution in [2.45, 2.75) is 64.8 Å². The van der Waals surface area contributed by atoms with E-state index >= 15 is 0 Å². The molecule has 0 saturated carbocycles. The van der Waals surface area contributed by atoms with Crippen LogP contribution < -0.4 is 5.73 Å². The first kappa shape index (κ1) is 14.9. The zero-order valence-corrected chi connectivity index (χ0v) is 11.0. The van der Waals surface area contributed by atoms with Crippen molar-refractivity contribution >= 4 is 0 Å². The van der Waals surface area contributed by atoms with Crippen LogP contribution in [0.2, 0.25) is 0 Å². The Kier molecular flexibility index (Phi) is 10.4. The number of nitrogens with two attached hydrogens (primary N) is 1. The summed E-state index contributed by atoms with van der Waals surface area (Å²) in [6.45, 7) is 6.73. The summed E-state index contributed by atoms with van der Waals surface area (Å²) in [6.07, 6.45) is 9.43. The van der Waals surface area contributed by atoms with Gasteiger partial charge in [-0.2, -0.15) is 0 Å². The molecule has 0 aliphatic heterocycles. The lowest BCUT2D eigenvalue weighted by Gasteiger charge is -2.17. The minimum atomic E-state index is 0.344. The van der Waals surface area contributed by atoms with Crippen LogP contribution >= 0.6 is 0 Å². The molecule has 0 aliphatic rings. The zero-order chi connectivity index (χ0) is 11.5. The first-order valence-electron chi connectivity index (χ1n) is 6.61. The summed E-state index contributed by atoms with van der Waals surface area (Å²) < 4.78 is 0. The second kappa shape index (κ2) is 10.4. The molecular formula is C13H30N2. The Morgan fingerprint density at radius 2 is 1.60 bits per heavy atom. The van der Waals surface area contributed by atoms with Crippen molar-refractivity contribution in [1.29, 1.82) is 0 Å². The number of hydrogen-bond acceptors (Lipinski definition) is 2. The highest BCUT2D eigenvalue weighted by atomic mass is 15.1. The van der Waals surface area contributed by atoms with Gasteiger partial charge in [-0.05, 0) is 39.9 Å². The lowest BCUT2D eigenvalue weighted by Crippen LogP contribution is -2.26. The summed E-state index contributed by atoms with van der Waals surface area (Å²) in [5.41, 5.74) is 5.72. The minimum Gasteiger partial charge on any atom is -0.328 e. The molecule has 92 valence electrons. The van der Waals surface area contributed by atoms with Gasteiger partial charge in [0.05, 0.1) is 0 Å². The van der Waals surface area contributed by atoms with E-state index in [1.807, 2.05) is 0 Å². The fraction of sp³-hybridized carbons (Fsp3) is 1.00. The molecule has 2 N–H and O–H groups in total. The molecule has 0 aromatic rings. The molecule has 1 atom stereocenters. The van der Waals surface area contributed by atoms with Crippen LogP contribution in [0.5, 0.6) is 0 Å². The fourth-order valence-corrected chi connectivity index (χ4v) is 1.70. The topological polar surface area (TPSA) is 29.3 Å². The van der Waals surface area contributed by atoms with Crippen LogP contribution in [-0.2, 0) is 0 Å². The molecule has 2 nitrogen and oxygen atoms in total. The Labute approximate surface area is 96.2 Å². The first-order chi connectivity index (χ1) is 7.16. The molecule has 0 heterocycles. The molecule has 0 aromatic carbocycles. The van der Waals surface area contributed by atoms with E-state index < -0.39 is 0 Å². The number of nitrogens with zero attached hydrogens (tertiary/aromatic N) is 1. The van der Waals surface area contributed by atoms with Gasteiger partial charge in [-0.1, -0.05) is 39.0 Å². The van der Waals surface area contributed by atoms with Crippen LogP contribution in [0, 0.1) is 0 Å². The van der Waals surface area contributed by atoms with Crippen LogP contribution in [0.4, 0.5) is 0 Å². The molecule has 0 bridgehead atoms. The molecule has 0 radical (unpaired) electrons. The third-order valence-electron chi connectivity index (χ3n) is 2.86. The van der Waals surface area contributed by atoms with Crippen molar-refractivity contribution in [2.75, 3.05) is 20.1 Å². The Morgan fingerprint density at radius 1 is 1.00 bits per heavy atom. The average Bonchev–Trinajstić information content (AvgIpc) is 2.20. The van der Waals surface area contributed by atoms with Gasteiger partial charge in [0.25, 0.3) is 0 Å². The van der Waals surface area contributed by atoms with Gasteiger partial charge in [0, 0.05) is 6.04 Å². The van der Waals surface area contributed by atoms with Gasteiger partial charge in [0.2, 0.25) is 0 Å². The van der Waals surface area contributed by atoms with E-state index in [0.29, 0.717) is 6.04 Å². The molecule has 0 amide bonds. The standard InChI is InChI=1S/C13H30N2/c1-4-5-6-7-8-9-11-15(3)12-10-13(2)14/h13H,4-12,14H2,1-3H3. The summed E-state index contributed by atoms with van der Waals surface area (Å²) in [6, 6.07) is 0.344. The van der Waals surface area contributed by atoms with E-state index in [0.717, 1.165) is 13.0 Å². The fourth-order valence-electron chi connectivity index (χ4n) is 1.70. The second-order valence-electron chi connectivity index (χ2n) is 4.84. The number of hydrogen-bond donors (Lipinski definition) is 1. The molecule has 0 rings (SSSR count). The maximum absolute atomic E-state index is 5.72. The highest BCUT2D eigenvalue weighted by molar-refractivity contribution is 4.58. The van der Waals surface area contributed by atoms with Gasteiger partial charge < -0.3 is 10.6 Å². The van der Waals surface area contributed by atoms with E-state index in [2.05, 4.69) is 25.8 Å². The molecule has 0 aromatic heterocycles. The third kappa shape index (κ3) is 11.8. The largest absolute Gasteiger partial charge is 0.328 e. The van der Waals surface area contributed by atoms with Crippen LogP contribution in [0.1, 0.15) is 58.8 Å². The first-order valence-corrected chi connectivity index (χ1v) is 6.61. The maximum atomic E-state index is 5.72. The molecule has 2 heteroatoms. The summed E-state index contributed by atoms with van der Waals surface area (Å²) in [7, 11) is 2.20. The van der Waals surface area contributed by atoms with E-state index in [4.69, 9.17) is 5.73 Å². The van der Waals surface area contributed by atoms with Gasteiger partial charge in [-0.25, -0.2) is 0 Å². The summed E-state index contributed by atoms with van der Waals surface area (Å²) >= 11 is 0. The Hall–Kier alpha value is -0.0800. The zero-order valence-electron chi connectivity index (χ0n) is 11.0. The van der Waals surface area contributed by atoms with Crippen molar-refractivity contribution < 1.29 is 0 Å². The van der Waals surface area contributed by atoms with Gasteiger partial charge in [0.1, 0.15) is 0 Å². The van der Waals surface area contributed by atoms with Crippen LogP contribution in [-0.4, -0.2) is 31.1 Å². The minimum absolute atomic E-state index is 0.344. The molecule has 1 unspecified atom stereocenters. The lowest BCUT2D eigenvalue weighted by atomic mass is 10.1. The smallest absolute Gasteiger partial charge is 0.00226 e. The molecule has 0 fully saturated rings. The molecule has 0 saturated heterocycles. The van der Waals surface area contributed by atoms with Crippen molar-refractivity contribution in [2.24, 2.45) is 5.73 Å². The van der Waals surface area contributed by atoms with Crippen molar-refractivity contribution in [3.8, 4) is 0 Å². The van der Waals surface area contributed by atoms with Crippen molar-refractivity contribution in [1.82, 2.24) is 4.90 Å². The Balaban J connectivity index is 3.13. The van der Waals surface area contributed by atoms with E-state index in [-0.39, 0.29) is 0 Å². The van der Waals surface area contributed by atoms with Crippen molar-refractivity contribution in [3.63, 3.8) is 0 Å². The average molecular weight is 214 g/mol. The Morgan fingerprint density at radius 3 is 2.20 bits per heavy atom. The third-order valence-corrected chi connectivity index (χ3v) is 2.86. The molecular weight excluding hydrogens is 184 g/mol. The van der Waals surface area contributed by atoms with Gasteiger partial charge in [-0.15, -0.1) is 0 Å². The quantitative estimate of drug-likeness (QED) is 0.566. The Bertz CT molecular complexity index is 124. The second-order valence-corrected chi connectivity index (χ2v) is 4.84. The molecule has 0 spiro atoms.